The number of hydrogen-bond donors (Lipinski definition) is 2. The van der Waals surface area contributed by atoms with Crippen molar-refractivity contribution in [3.63, 3.8) is 0 Å². The SMILES string of the molecule is NCc1nc(C(F)F)cc(Br)c1O. The quantitative estimate of drug-likeness (QED) is 0.846. The van der Waals surface area contributed by atoms with Gasteiger partial charge >= 0.3 is 0 Å². The van der Waals surface area contributed by atoms with Crippen LogP contribution in [0, 0.1) is 0 Å². The molecule has 0 amide bonds. The molecule has 0 aliphatic rings. The molecular weight excluding hydrogens is 246 g/mol. The minimum atomic E-state index is -2.66. The molecule has 0 atom stereocenters. The lowest BCUT2D eigenvalue weighted by Crippen LogP contribution is -2.03. The van der Waals surface area contributed by atoms with Crippen molar-refractivity contribution in [1.82, 2.24) is 4.98 Å². The van der Waals surface area contributed by atoms with Crippen molar-refractivity contribution in [2.24, 2.45) is 5.73 Å². The average molecular weight is 253 g/mol. The van der Waals surface area contributed by atoms with Gasteiger partial charge in [0.15, 0.2) is 5.75 Å². The minimum Gasteiger partial charge on any atom is -0.505 e. The van der Waals surface area contributed by atoms with Gasteiger partial charge in [0, 0.05) is 6.54 Å². The van der Waals surface area contributed by atoms with E-state index in [4.69, 9.17) is 5.73 Å². The van der Waals surface area contributed by atoms with Gasteiger partial charge in [0.05, 0.1) is 10.2 Å². The largest absolute Gasteiger partial charge is 0.505 e. The molecule has 6 heteroatoms. The van der Waals surface area contributed by atoms with Gasteiger partial charge in [0.1, 0.15) is 5.69 Å². The predicted molar refractivity (Wildman–Crippen MR) is 46.5 cm³/mol. The number of nitrogens with two attached hydrogens (primary N) is 1. The molecule has 0 saturated heterocycles. The van der Waals surface area contributed by atoms with Crippen LogP contribution in [-0.2, 0) is 6.54 Å². The Morgan fingerprint density at radius 1 is 1.62 bits per heavy atom. The number of rotatable bonds is 2. The fourth-order valence-electron chi connectivity index (χ4n) is 0.831. The van der Waals surface area contributed by atoms with Crippen molar-refractivity contribution >= 4 is 15.9 Å². The summed E-state index contributed by atoms with van der Waals surface area (Å²) < 4.78 is 24.6. The highest BCUT2D eigenvalue weighted by Gasteiger charge is 2.14. The van der Waals surface area contributed by atoms with E-state index in [-0.39, 0.29) is 22.5 Å². The molecule has 1 heterocycles. The summed E-state index contributed by atoms with van der Waals surface area (Å²) in [6.07, 6.45) is -2.66. The molecule has 72 valence electrons. The summed E-state index contributed by atoms with van der Waals surface area (Å²) in [5.74, 6) is -0.188. The first-order chi connectivity index (χ1) is 6.06. The Kier molecular flexibility index (Phi) is 3.16. The Bertz CT molecular complexity index is 320. The summed E-state index contributed by atoms with van der Waals surface area (Å²) in [5, 5.41) is 9.27. The second-order valence-corrected chi connectivity index (χ2v) is 3.18. The van der Waals surface area contributed by atoms with Crippen LogP contribution in [0.2, 0.25) is 0 Å². The lowest BCUT2D eigenvalue weighted by molar-refractivity contribution is 0.145. The molecule has 0 aliphatic carbocycles. The number of aromatic hydroxyl groups is 1. The Labute approximate surface area is 81.7 Å². The summed E-state index contributed by atoms with van der Waals surface area (Å²) in [6.45, 7) is -0.0784. The summed E-state index contributed by atoms with van der Waals surface area (Å²) in [6, 6.07) is 1.07. The first kappa shape index (κ1) is 10.3. The van der Waals surface area contributed by atoms with Crippen molar-refractivity contribution in [2.45, 2.75) is 13.0 Å². The molecule has 0 radical (unpaired) electrons. The van der Waals surface area contributed by atoms with Gasteiger partial charge in [-0.25, -0.2) is 13.8 Å². The number of hydrogen-bond acceptors (Lipinski definition) is 3. The Morgan fingerprint density at radius 2 is 2.23 bits per heavy atom. The molecule has 0 aliphatic heterocycles. The van der Waals surface area contributed by atoms with Gasteiger partial charge in [0.2, 0.25) is 0 Å². The summed E-state index contributed by atoms with van der Waals surface area (Å²) in [5.41, 5.74) is 4.86. The van der Waals surface area contributed by atoms with Gasteiger partial charge < -0.3 is 10.8 Å². The highest BCUT2D eigenvalue weighted by Crippen LogP contribution is 2.30. The zero-order valence-corrected chi connectivity index (χ0v) is 8.05. The van der Waals surface area contributed by atoms with E-state index in [1.165, 1.54) is 0 Å². The Balaban J connectivity index is 3.22. The maximum Gasteiger partial charge on any atom is 0.280 e. The molecule has 0 fully saturated rings. The van der Waals surface area contributed by atoms with Crippen molar-refractivity contribution < 1.29 is 13.9 Å². The number of nitrogens with zero attached hydrogens (tertiary/aromatic N) is 1. The van der Waals surface area contributed by atoms with E-state index >= 15 is 0 Å². The maximum absolute atomic E-state index is 12.2. The van der Waals surface area contributed by atoms with E-state index in [9.17, 15) is 13.9 Å². The number of alkyl halides is 2. The van der Waals surface area contributed by atoms with Crippen LogP contribution < -0.4 is 5.73 Å². The van der Waals surface area contributed by atoms with Gasteiger partial charge in [-0.3, -0.25) is 0 Å². The molecule has 1 aromatic heterocycles. The molecule has 0 bridgehead atoms. The van der Waals surface area contributed by atoms with Gasteiger partial charge in [0.25, 0.3) is 6.43 Å². The van der Waals surface area contributed by atoms with Crippen LogP contribution in [0.5, 0.6) is 5.75 Å². The molecule has 0 unspecified atom stereocenters. The highest BCUT2D eigenvalue weighted by atomic mass is 79.9. The lowest BCUT2D eigenvalue weighted by Gasteiger charge is -2.06. The van der Waals surface area contributed by atoms with E-state index in [1.54, 1.807) is 0 Å². The molecule has 0 spiro atoms. The van der Waals surface area contributed by atoms with Crippen LogP contribution in [0.4, 0.5) is 8.78 Å². The van der Waals surface area contributed by atoms with E-state index in [0.29, 0.717) is 0 Å². The monoisotopic (exact) mass is 252 g/mol. The molecule has 1 rings (SSSR count). The molecule has 13 heavy (non-hydrogen) atoms. The van der Waals surface area contributed by atoms with E-state index in [0.717, 1.165) is 6.07 Å². The Morgan fingerprint density at radius 3 is 2.69 bits per heavy atom. The second-order valence-electron chi connectivity index (χ2n) is 2.33. The van der Waals surface area contributed by atoms with Crippen molar-refractivity contribution in [3.05, 3.63) is 21.9 Å². The summed E-state index contributed by atoms with van der Waals surface area (Å²) in [7, 11) is 0. The normalized spacial score (nSPS) is 10.8. The third-order valence-corrected chi connectivity index (χ3v) is 2.06. The third kappa shape index (κ3) is 2.13. The number of aromatic nitrogens is 1. The van der Waals surface area contributed by atoms with Gasteiger partial charge in [-0.05, 0) is 22.0 Å². The molecule has 3 N–H and O–H groups in total. The standard InChI is InChI=1S/C7H7BrF2N2O/c8-3-1-4(7(9)10)12-5(2-11)6(3)13/h1,7,13H,2,11H2. The predicted octanol–water partition coefficient (Wildman–Crippen LogP) is 1.95. The van der Waals surface area contributed by atoms with Crippen LogP contribution in [0.15, 0.2) is 10.5 Å². The van der Waals surface area contributed by atoms with Gasteiger partial charge in [-0.15, -0.1) is 0 Å². The first-order valence-corrected chi connectivity index (χ1v) is 4.22. The second kappa shape index (κ2) is 3.97. The molecular formula is C7H7BrF2N2O. The van der Waals surface area contributed by atoms with Crippen LogP contribution in [0.3, 0.4) is 0 Å². The average Bonchev–Trinajstić information content (AvgIpc) is 2.09. The van der Waals surface area contributed by atoms with E-state index in [2.05, 4.69) is 20.9 Å². The third-order valence-electron chi connectivity index (χ3n) is 1.46. The molecule has 1 aromatic rings. The minimum absolute atomic E-state index is 0.0599. The number of halogens is 3. The maximum atomic E-state index is 12.2. The number of pyridine rings is 1. The van der Waals surface area contributed by atoms with E-state index in [1.807, 2.05) is 0 Å². The van der Waals surface area contributed by atoms with Gasteiger partial charge in [-0.1, -0.05) is 0 Å². The molecule has 3 nitrogen and oxygen atoms in total. The summed E-state index contributed by atoms with van der Waals surface area (Å²) in [4.78, 5) is 3.50. The molecule has 0 saturated carbocycles. The van der Waals surface area contributed by atoms with Crippen molar-refractivity contribution in [1.29, 1.82) is 0 Å². The van der Waals surface area contributed by atoms with Crippen LogP contribution in [0.1, 0.15) is 17.8 Å². The van der Waals surface area contributed by atoms with Crippen molar-refractivity contribution in [2.75, 3.05) is 0 Å². The topological polar surface area (TPSA) is 59.1 Å². The zero-order valence-electron chi connectivity index (χ0n) is 6.47. The zero-order chi connectivity index (χ0) is 10.0. The fourth-order valence-corrected chi connectivity index (χ4v) is 1.29. The lowest BCUT2D eigenvalue weighted by atomic mass is 10.3. The fraction of sp³-hybridized carbons (Fsp3) is 0.286. The van der Waals surface area contributed by atoms with E-state index < -0.39 is 12.1 Å². The first-order valence-electron chi connectivity index (χ1n) is 3.42. The summed E-state index contributed by atoms with van der Waals surface area (Å²) >= 11 is 2.93. The highest BCUT2D eigenvalue weighted by molar-refractivity contribution is 9.10. The van der Waals surface area contributed by atoms with Gasteiger partial charge in [-0.2, -0.15) is 0 Å². The Hall–Kier alpha value is -0.750. The van der Waals surface area contributed by atoms with Crippen LogP contribution >= 0.6 is 15.9 Å². The van der Waals surface area contributed by atoms with Crippen molar-refractivity contribution in [3.8, 4) is 5.75 Å². The smallest absolute Gasteiger partial charge is 0.280 e. The molecule has 0 aromatic carbocycles. The van der Waals surface area contributed by atoms with Crippen LogP contribution in [-0.4, -0.2) is 10.1 Å². The van der Waals surface area contributed by atoms with Crippen LogP contribution in [0.25, 0.3) is 0 Å².